The highest BCUT2D eigenvalue weighted by atomic mass is 79.9. The second kappa shape index (κ2) is 5.09. The van der Waals surface area contributed by atoms with Gasteiger partial charge in [0.25, 0.3) is 5.91 Å². The summed E-state index contributed by atoms with van der Waals surface area (Å²) in [7, 11) is 1.74. The average Bonchev–Trinajstić information content (AvgIpc) is 3.03. The Morgan fingerprint density at radius 2 is 2.35 bits per heavy atom. The van der Waals surface area contributed by atoms with Crippen LogP contribution in [0.4, 0.5) is 0 Å². The minimum atomic E-state index is -0.133. The van der Waals surface area contributed by atoms with Crippen molar-refractivity contribution in [3.8, 4) is 0 Å². The van der Waals surface area contributed by atoms with Gasteiger partial charge >= 0.3 is 0 Å². The quantitative estimate of drug-likeness (QED) is 0.798. The average molecular weight is 334 g/mol. The number of imidazole rings is 1. The number of nitrogens with zero attached hydrogens (tertiary/aromatic N) is 4. The first-order valence-corrected chi connectivity index (χ1v) is 6.81. The van der Waals surface area contributed by atoms with E-state index in [2.05, 4.69) is 31.1 Å². The molecule has 0 aliphatic rings. The molecule has 3 aromatic rings. The van der Waals surface area contributed by atoms with Crippen molar-refractivity contribution in [3.05, 3.63) is 52.7 Å². The monoisotopic (exact) mass is 333 g/mol. The Bertz CT molecular complexity index is 730. The molecule has 0 saturated carbocycles. The molecule has 3 heterocycles. The van der Waals surface area contributed by atoms with Gasteiger partial charge in [-0.15, -0.1) is 0 Å². The van der Waals surface area contributed by atoms with E-state index in [1.807, 2.05) is 35.0 Å². The minimum absolute atomic E-state index is 0.133. The number of rotatable bonds is 3. The van der Waals surface area contributed by atoms with Crippen molar-refractivity contribution in [1.82, 2.24) is 24.5 Å². The van der Waals surface area contributed by atoms with E-state index in [4.69, 9.17) is 0 Å². The van der Waals surface area contributed by atoms with Crippen LogP contribution in [0.15, 0.2) is 41.3 Å². The van der Waals surface area contributed by atoms with Gasteiger partial charge in [-0.05, 0) is 28.1 Å². The molecule has 0 bridgehead atoms. The van der Waals surface area contributed by atoms with Gasteiger partial charge < -0.3 is 9.30 Å². The zero-order chi connectivity index (χ0) is 14.1. The molecule has 1 N–H and O–H groups in total. The van der Waals surface area contributed by atoms with E-state index in [1.165, 1.54) is 0 Å². The molecule has 0 aromatic carbocycles. The molecular weight excluding hydrogens is 322 g/mol. The largest absolute Gasteiger partial charge is 0.334 e. The fraction of sp³-hybridized carbons (Fsp3) is 0.154. The molecule has 0 atom stereocenters. The molecule has 7 heteroatoms. The molecule has 0 fully saturated rings. The number of nitrogens with one attached hydrogen (secondary N) is 1. The smallest absolute Gasteiger partial charge is 0.273 e. The molecule has 6 nitrogen and oxygen atoms in total. The predicted octanol–water partition coefficient (Wildman–Crippen LogP) is 2.09. The molecule has 0 spiro atoms. The molecule has 0 saturated heterocycles. The highest BCUT2D eigenvalue weighted by Gasteiger charge is 2.17. The van der Waals surface area contributed by atoms with Crippen molar-refractivity contribution < 1.29 is 4.79 Å². The molecule has 0 radical (unpaired) electrons. The maximum Gasteiger partial charge on any atom is 0.273 e. The minimum Gasteiger partial charge on any atom is -0.334 e. The summed E-state index contributed by atoms with van der Waals surface area (Å²) in [5, 5.41) is 6.51. The first-order valence-electron chi connectivity index (χ1n) is 6.02. The SMILES string of the molecule is CN(Cc1cn2ccccc2n1)C(=O)c1[nH]ncc1Br. The number of fused-ring (bicyclic) bond motifs is 1. The lowest BCUT2D eigenvalue weighted by molar-refractivity contribution is 0.0777. The van der Waals surface area contributed by atoms with Crippen LogP contribution in [0.1, 0.15) is 16.2 Å². The van der Waals surface area contributed by atoms with Gasteiger partial charge in [-0.3, -0.25) is 9.89 Å². The van der Waals surface area contributed by atoms with Crippen LogP contribution in [0.25, 0.3) is 5.65 Å². The van der Waals surface area contributed by atoms with Crippen molar-refractivity contribution in [1.29, 1.82) is 0 Å². The summed E-state index contributed by atoms with van der Waals surface area (Å²) >= 11 is 3.29. The van der Waals surface area contributed by atoms with Crippen LogP contribution >= 0.6 is 15.9 Å². The topological polar surface area (TPSA) is 66.3 Å². The maximum absolute atomic E-state index is 12.2. The highest BCUT2D eigenvalue weighted by molar-refractivity contribution is 9.10. The maximum atomic E-state index is 12.2. The van der Waals surface area contributed by atoms with Crippen molar-refractivity contribution in [3.63, 3.8) is 0 Å². The van der Waals surface area contributed by atoms with E-state index in [0.717, 1.165) is 11.3 Å². The van der Waals surface area contributed by atoms with Gasteiger partial charge in [0.2, 0.25) is 0 Å². The number of carbonyl (C=O) groups excluding carboxylic acids is 1. The number of aromatic nitrogens is 4. The first-order chi connectivity index (χ1) is 9.65. The first kappa shape index (κ1) is 12.9. The summed E-state index contributed by atoms with van der Waals surface area (Å²) < 4.78 is 2.59. The van der Waals surface area contributed by atoms with Crippen molar-refractivity contribution in [2.75, 3.05) is 7.05 Å². The van der Waals surface area contributed by atoms with Crippen LogP contribution in [-0.2, 0) is 6.54 Å². The van der Waals surface area contributed by atoms with E-state index in [1.54, 1.807) is 18.1 Å². The zero-order valence-electron chi connectivity index (χ0n) is 10.7. The molecule has 1 amide bonds. The van der Waals surface area contributed by atoms with E-state index in [-0.39, 0.29) is 5.91 Å². The Labute approximate surface area is 123 Å². The number of pyridine rings is 1. The van der Waals surface area contributed by atoms with Gasteiger partial charge in [0, 0.05) is 19.4 Å². The second-order valence-corrected chi connectivity index (χ2v) is 5.31. The molecule has 3 rings (SSSR count). The summed E-state index contributed by atoms with van der Waals surface area (Å²) in [5.74, 6) is -0.133. The number of halogens is 1. The predicted molar refractivity (Wildman–Crippen MR) is 77.3 cm³/mol. The summed E-state index contributed by atoms with van der Waals surface area (Å²) in [6, 6.07) is 5.80. The van der Waals surface area contributed by atoms with Gasteiger partial charge in [0.15, 0.2) is 0 Å². The third kappa shape index (κ3) is 2.32. The molecule has 102 valence electrons. The van der Waals surface area contributed by atoms with E-state index in [9.17, 15) is 4.79 Å². The number of aromatic amines is 1. The molecule has 20 heavy (non-hydrogen) atoms. The lowest BCUT2D eigenvalue weighted by Gasteiger charge is -2.14. The molecule has 0 aliphatic carbocycles. The lowest BCUT2D eigenvalue weighted by atomic mass is 10.3. The highest BCUT2D eigenvalue weighted by Crippen LogP contribution is 2.15. The van der Waals surface area contributed by atoms with Crippen LogP contribution in [0.2, 0.25) is 0 Å². The zero-order valence-corrected chi connectivity index (χ0v) is 12.3. The summed E-state index contributed by atoms with van der Waals surface area (Å²) in [6.45, 7) is 0.436. The van der Waals surface area contributed by atoms with Crippen LogP contribution < -0.4 is 0 Å². The van der Waals surface area contributed by atoms with Crippen molar-refractivity contribution >= 4 is 27.5 Å². The number of amides is 1. The number of H-pyrrole nitrogens is 1. The Hall–Kier alpha value is -2.15. The van der Waals surface area contributed by atoms with Crippen LogP contribution in [-0.4, -0.2) is 37.4 Å². The fourth-order valence-corrected chi connectivity index (χ4v) is 2.35. The van der Waals surface area contributed by atoms with E-state index in [0.29, 0.717) is 16.7 Å². The summed E-state index contributed by atoms with van der Waals surface area (Å²) in [6.07, 6.45) is 5.41. The number of carbonyl (C=O) groups is 1. The van der Waals surface area contributed by atoms with Gasteiger partial charge in [-0.25, -0.2) is 4.98 Å². The molecule has 3 aromatic heterocycles. The Morgan fingerprint density at radius 3 is 3.05 bits per heavy atom. The summed E-state index contributed by atoms with van der Waals surface area (Å²) in [4.78, 5) is 18.3. The van der Waals surface area contributed by atoms with Crippen molar-refractivity contribution in [2.24, 2.45) is 0 Å². The molecule has 0 unspecified atom stereocenters. The fourth-order valence-electron chi connectivity index (χ4n) is 1.99. The Kier molecular flexibility index (Phi) is 3.27. The van der Waals surface area contributed by atoms with Gasteiger partial charge in [-0.2, -0.15) is 5.10 Å². The van der Waals surface area contributed by atoms with E-state index >= 15 is 0 Å². The number of hydrogen-bond donors (Lipinski definition) is 1. The standard InChI is InChI=1S/C13H12BrN5O/c1-18(13(20)12-10(14)6-15-17-12)7-9-8-19-5-3-2-4-11(19)16-9/h2-6,8H,7H2,1H3,(H,15,17). The van der Waals surface area contributed by atoms with Crippen molar-refractivity contribution in [2.45, 2.75) is 6.54 Å². The second-order valence-electron chi connectivity index (χ2n) is 4.45. The molecule has 0 aliphatic heterocycles. The van der Waals surface area contributed by atoms with Gasteiger partial charge in [-0.1, -0.05) is 6.07 Å². The number of hydrogen-bond acceptors (Lipinski definition) is 3. The van der Waals surface area contributed by atoms with Crippen LogP contribution in [0, 0.1) is 0 Å². The summed E-state index contributed by atoms with van der Waals surface area (Å²) in [5.41, 5.74) is 2.14. The van der Waals surface area contributed by atoms with Gasteiger partial charge in [0.1, 0.15) is 11.3 Å². The lowest BCUT2D eigenvalue weighted by Crippen LogP contribution is -2.27. The van der Waals surface area contributed by atoms with Crippen LogP contribution in [0.5, 0.6) is 0 Å². The third-order valence-corrected chi connectivity index (χ3v) is 3.57. The van der Waals surface area contributed by atoms with Gasteiger partial charge in [0.05, 0.1) is 22.9 Å². The van der Waals surface area contributed by atoms with Crippen LogP contribution in [0.3, 0.4) is 0 Å². The molecular formula is C13H12BrN5O. The Balaban J connectivity index is 1.80. The Morgan fingerprint density at radius 1 is 1.50 bits per heavy atom. The normalized spacial score (nSPS) is 10.9. The van der Waals surface area contributed by atoms with E-state index < -0.39 is 0 Å². The third-order valence-electron chi connectivity index (χ3n) is 2.97.